The van der Waals surface area contributed by atoms with Crippen molar-refractivity contribution in [3.05, 3.63) is 64.3 Å². The largest absolute Gasteiger partial charge is 0.510 e. The lowest BCUT2D eigenvalue weighted by Gasteiger charge is -2.29. The molecule has 0 saturated carbocycles. The first-order valence-corrected chi connectivity index (χ1v) is 7.00. The van der Waals surface area contributed by atoms with Gasteiger partial charge in [0.2, 0.25) is 0 Å². The van der Waals surface area contributed by atoms with Crippen molar-refractivity contribution in [3.63, 3.8) is 0 Å². The van der Waals surface area contributed by atoms with Crippen LogP contribution in [-0.2, 0) is 0 Å². The van der Waals surface area contributed by atoms with Crippen molar-refractivity contribution in [3.8, 4) is 11.5 Å². The normalized spacial score (nSPS) is 24.2. The molecule has 1 aromatic carbocycles. The van der Waals surface area contributed by atoms with Crippen LogP contribution in [0.5, 0.6) is 11.5 Å². The molecule has 0 radical (unpaired) electrons. The maximum Gasteiger partial charge on any atom is 0.185 e. The Morgan fingerprint density at radius 2 is 1.96 bits per heavy atom. The number of nitrogens with zero attached hydrogens (tertiary/aromatic N) is 1. The first-order chi connectivity index (χ1) is 10.8. The molecular weight excluding hydrogens is 298 g/mol. The van der Waals surface area contributed by atoms with E-state index in [-0.39, 0.29) is 34.5 Å². The van der Waals surface area contributed by atoms with Crippen LogP contribution in [0, 0.1) is 10.8 Å². The Morgan fingerprint density at radius 3 is 2.52 bits per heavy atom. The van der Waals surface area contributed by atoms with E-state index in [0.29, 0.717) is 5.57 Å². The molecule has 0 heterocycles. The van der Waals surface area contributed by atoms with Gasteiger partial charge in [0.25, 0.3) is 0 Å². The molecule has 120 valence electrons. The van der Waals surface area contributed by atoms with Crippen molar-refractivity contribution < 1.29 is 20.1 Å². The van der Waals surface area contributed by atoms with Gasteiger partial charge >= 0.3 is 0 Å². The van der Waals surface area contributed by atoms with Gasteiger partial charge in [0.05, 0.1) is 0 Å². The third-order valence-corrected chi connectivity index (χ3v) is 4.03. The van der Waals surface area contributed by atoms with Crippen LogP contribution in [0.15, 0.2) is 59.0 Å². The highest BCUT2D eigenvalue weighted by Gasteiger charge is 2.38. The zero-order valence-corrected chi connectivity index (χ0v) is 12.7. The number of carbonyl (C=O) groups excluding carboxylic acids is 1. The molecule has 23 heavy (non-hydrogen) atoms. The molecular formula is C17H17NO5. The van der Waals surface area contributed by atoms with Gasteiger partial charge in [-0.1, -0.05) is 24.3 Å². The number of benzene rings is 1. The van der Waals surface area contributed by atoms with Crippen LogP contribution in [0.1, 0.15) is 24.2 Å². The van der Waals surface area contributed by atoms with Crippen LogP contribution in [0.4, 0.5) is 0 Å². The summed E-state index contributed by atoms with van der Waals surface area (Å²) >= 11 is 0. The summed E-state index contributed by atoms with van der Waals surface area (Å²) in [5.74, 6) is -1.53. The fraction of sp³-hybridized carbons (Fsp3) is 0.235. The third kappa shape index (κ3) is 3.15. The maximum atomic E-state index is 12.0. The Balaban J connectivity index is 2.20. The highest BCUT2D eigenvalue weighted by Crippen LogP contribution is 2.35. The van der Waals surface area contributed by atoms with Gasteiger partial charge in [-0.2, -0.15) is 0 Å². The maximum absolute atomic E-state index is 12.0. The molecule has 1 aliphatic carbocycles. The molecule has 2 atom stereocenters. The van der Waals surface area contributed by atoms with E-state index in [9.17, 15) is 25.0 Å². The van der Waals surface area contributed by atoms with Crippen LogP contribution in [0.2, 0.25) is 0 Å². The van der Waals surface area contributed by atoms with Crippen molar-refractivity contribution in [2.45, 2.75) is 19.4 Å². The van der Waals surface area contributed by atoms with Crippen molar-refractivity contribution in [2.24, 2.45) is 11.1 Å². The summed E-state index contributed by atoms with van der Waals surface area (Å²) in [4.78, 5) is 23.0. The first kappa shape index (κ1) is 16.5. The van der Waals surface area contributed by atoms with Crippen LogP contribution in [0.25, 0.3) is 0 Å². The zero-order chi connectivity index (χ0) is 17.2. The predicted octanol–water partition coefficient (Wildman–Crippen LogP) is 3.38. The number of aromatic hydroxyl groups is 2. The average Bonchev–Trinajstić information content (AvgIpc) is 2.52. The summed E-state index contributed by atoms with van der Waals surface area (Å²) in [5.41, 5.74) is -0.412. The van der Waals surface area contributed by atoms with E-state index in [1.54, 1.807) is 13.0 Å². The minimum atomic E-state index is -1.20. The van der Waals surface area contributed by atoms with Gasteiger partial charge in [-0.3, -0.25) is 4.79 Å². The highest BCUT2D eigenvalue weighted by molar-refractivity contribution is 6.05. The smallest absolute Gasteiger partial charge is 0.185 e. The number of nitroso groups, excluding NO2 is 1. The van der Waals surface area contributed by atoms with Crippen LogP contribution < -0.4 is 0 Å². The van der Waals surface area contributed by atoms with E-state index < -0.39 is 5.54 Å². The molecule has 6 heteroatoms. The van der Waals surface area contributed by atoms with Crippen LogP contribution in [0.3, 0.4) is 0 Å². The van der Waals surface area contributed by atoms with E-state index >= 15 is 0 Å². The van der Waals surface area contributed by atoms with Gasteiger partial charge in [-0.05, 0) is 42.8 Å². The first-order valence-electron chi connectivity index (χ1n) is 7.00. The molecule has 0 aliphatic heterocycles. The summed E-state index contributed by atoms with van der Waals surface area (Å²) in [6.07, 6.45) is 5.91. The summed E-state index contributed by atoms with van der Waals surface area (Å²) in [7, 11) is 0. The van der Waals surface area contributed by atoms with Gasteiger partial charge in [-0.25, -0.2) is 0 Å². The zero-order valence-electron chi connectivity index (χ0n) is 12.7. The summed E-state index contributed by atoms with van der Waals surface area (Å²) in [5, 5.41) is 31.6. The molecule has 1 aliphatic rings. The lowest BCUT2D eigenvalue weighted by atomic mass is 9.80. The molecule has 0 amide bonds. The van der Waals surface area contributed by atoms with Crippen molar-refractivity contribution in [1.82, 2.24) is 0 Å². The van der Waals surface area contributed by atoms with E-state index in [1.165, 1.54) is 43.4 Å². The second-order valence-electron chi connectivity index (χ2n) is 5.62. The fourth-order valence-corrected chi connectivity index (χ4v) is 2.21. The average molecular weight is 315 g/mol. The van der Waals surface area contributed by atoms with Crippen LogP contribution in [-0.4, -0.2) is 26.6 Å². The van der Waals surface area contributed by atoms with Gasteiger partial charge in [-0.15, -0.1) is 4.91 Å². The standard InChI is InChI=1S/C17H17NO5/c1-10-7-11(8-16(22)17(10,2)18-23)3-5-13(19)12-4-6-14(20)15(21)9-12/h3-10,20-22H,1-2H3/b5-3+/t10?,17-/m0/s1. The number of ketones is 1. The number of hydrogen-bond donors (Lipinski definition) is 3. The second-order valence-corrected chi connectivity index (χ2v) is 5.62. The fourth-order valence-electron chi connectivity index (χ4n) is 2.21. The van der Waals surface area contributed by atoms with Crippen molar-refractivity contribution in [1.29, 1.82) is 0 Å². The van der Waals surface area contributed by atoms with E-state index in [0.717, 1.165) is 0 Å². The molecule has 6 nitrogen and oxygen atoms in total. The number of carbonyl (C=O) groups is 1. The SMILES string of the molecule is CC1C=C(/C=C/C(=O)c2ccc(O)c(O)c2)C=C(O)[C@@]1(C)N=O. The minimum Gasteiger partial charge on any atom is -0.510 e. The van der Waals surface area contributed by atoms with Gasteiger partial charge in [0, 0.05) is 11.5 Å². The molecule has 0 bridgehead atoms. The molecule has 3 N–H and O–H groups in total. The molecule has 1 aromatic rings. The molecule has 0 spiro atoms. The topological polar surface area (TPSA) is 107 Å². The second kappa shape index (κ2) is 6.08. The Labute approximate surface area is 133 Å². The summed E-state index contributed by atoms with van der Waals surface area (Å²) in [6.45, 7) is 3.29. The minimum absolute atomic E-state index is 0.156. The Hall–Kier alpha value is -2.89. The predicted molar refractivity (Wildman–Crippen MR) is 85.4 cm³/mol. The van der Waals surface area contributed by atoms with Gasteiger partial charge in [0.1, 0.15) is 5.76 Å². The molecule has 0 fully saturated rings. The third-order valence-electron chi connectivity index (χ3n) is 4.03. The number of rotatable bonds is 4. The summed E-state index contributed by atoms with van der Waals surface area (Å²) < 4.78 is 0. The number of aliphatic hydroxyl groups is 1. The Bertz CT molecular complexity index is 747. The van der Waals surface area contributed by atoms with Gasteiger partial charge < -0.3 is 15.3 Å². The Morgan fingerprint density at radius 1 is 1.26 bits per heavy atom. The highest BCUT2D eigenvalue weighted by atomic mass is 16.3. The lowest BCUT2D eigenvalue weighted by molar-refractivity contribution is 0.104. The molecule has 0 aromatic heterocycles. The lowest BCUT2D eigenvalue weighted by Crippen LogP contribution is -2.34. The molecule has 2 rings (SSSR count). The molecule has 1 unspecified atom stereocenters. The Kier molecular flexibility index (Phi) is 4.36. The van der Waals surface area contributed by atoms with Crippen LogP contribution >= 0.6 is 0 Å². The number of aliphatic hydroxyl groups excluding tert-OH is 1. The number of phenols is 2. The monoisotopic (exact) mass is 315 g/mol. The van der Waals surface area contributed by atoms with E-state index in [1.807, 2.05) is 0 Å². The number of allylic oxidation sites excluding steroid dienone is 4. The number of phenolic OH excluding ortho intramolecular Hbond substituents is 2. The molecule has 0 saturated heterocycles. The van der Waals surface area contributed by atoms with Gasteiger partial charge in [0.15, 0.2) is 22.8 Å². The summed E-state index contributed by atoms with van der Waals surface area (Å²) in [6, 6.07) is 3.78. The van der Waals surface area contributed by atoms with E-state index in [4.69, 9.17) is 0 Å². The van der Waals surface area contributed by atoms with E-state index in [2.05, 4.69) is 5.18 Å². The quantitative estimate of drug-likeness (QED) is 0.342. The van der Waals surface area contributed by atoms with Crippen molar-refractivity contribution >= 4 is 5.78 Å². The van der Waals surface area contributed by atoms with Crippen molar-refractivity contribution in [2.75, 3.05) is 0 Å². The number of hydrogen-bond acceptors (Lipinski definition) is 6.